The van der Waals surface area contributed by atoms with Crippen LogP contribution in [0, 0.1) is 0 Å². The van der Waals surface area contributed by atoms with Gasteiger partial charge in [-0.05, 0) is 22.4 Å². The molecule has 0 amide bonds. The van der Waals surface area contributed by atoms with Gasteiger partial charge in [0, 0.05) is 25.2 Å². The van der Waals surface area contributed by atoms with Crippen LogP contribution in [0.2, 0.25) is 0 Å². The van der Waals surface area contributed by atoms with Gasteiger partial charge in [-0.15, -0.1) is 0 Å². The Morgan fingerprint density at radius 2 is 1.59 bits per heavy atom. The molecule has 0 saturated heterocycles. The van der Waals surface area contributed by atoms with Crippen molar-refractivity contribution in [2.24, 2.45) is 0 Å². The fraction of sp³-hybridized carbons (Fsp3) is 0.0952. The maximum absolute atomic E-state index is 12.8. The van der Waals surface area contributed by atoms with Crippen molar-refractivity contribution in [1.29, 1.82) is 0 Å². The predicted octanol–water partition coefficient (Wildman–Crippen LogP) is 4.32. The Kier molecular flexibility index (Phi) is 4.51. The van der Waals surface area contributed by atoms with E-state index in [0.29, 0.717) is 5.69 Å². The van der Waals surface area contributed by atoms with Gasteiger partial charge in [0.1, 0.15) is 5.69 Å². The van der Waals surface area contributed by atoms with Crippen molar-refractivity contribution in [2.45, 2.75) is 11.6 Å². The first kappa shape index (κ1) is 17.5. The molecule has 0 aliphatic heterocycles. The van der Waals surface area contributed by atoms with Gasteiger partial charge in [0.25, 0.3) is 15.1 Å². The molecule has 0 bridgehead atoms. The second-order valence-electron chi connectivity index (χ2n) is 6.34. The van der Waals surface area contributed by atoms with Crippen LogP contribution in [0.1, 0.15) is 5.56 Å². The lowest BCUT2D eigenvalue weighted by Gasteiger charge is -2.14. The number of benzene rings is 3. The highest BCUT2D eigenvalue weighted by Gasteiger charge is 2.26. The first-order valence-electron chi connectivity index (χ1n) is 8.50. The molecule has 5 nitrogen and oxygen atoms in total. The molecule has 1 heterocycles. The van der Waals surface area contributed by atoms with Crippen LogP contribution in [-0.4, -0.2) is 24.9 Å². The van der Waals surface area contributed by atoms with Crippen LogP contribution in [0.15, 0.2) is 88.5 Å². The maximum atomic E-state index is 12.8. The second-order valence-corrected chi connectivity index (χ2v) is 8.32. The third-order valence-electron chi connectivity index (χ3n) is 4.45. The Morgan fingerprint density at radius 1 is 0.889 bits per heavy atom. The zero-order valence-electron chi connectivity index (χ0n) is 14.7. The standard InChI is InChI=1S/C21H18N2O3S/c1-23(15-16-7-3-2-4-8-16)27(24,25)21-14-20(22-26-21)19-12-11-17-9-5-6-10-18(17)13-19/h2-14H,15H2,1H3. The van der Waals surface area contributed by atoms with Gasteiger partial charge < -0.3 is 4.52 Å². The van der Waals surface area contributed by atoms with Crippen molar-refractivity contribution in [3.05, 3.63) is 84.4 Å². The van der Waals surface area contributed by atoms with E-state index >= 15 is 0 Å². The zero-order chi connectivity index (χ0) is 18.9. The van der Waals surface area contributed by atoms with Gasteiger partial charge in [-0.3, -0.25) is 0 Å². The van der Waals surface area contributed by atoms with E-state index in [0.717, 1.165) is 21.9 Å². The SMILES string of the molecule is CN(Cc1ccccc1)S(=O)(=O)c1cc(-c2ccc3ccccc3c2)no1. The van der Waals surface area contributed by atoms with Crippen LogP contribution in [-0.2, 0) is 16.6 Å². The van der Waals surface area contributed by atoms with Crippen LogP contribution >= 0.6 is 0 Å². The lowest BCUT2D eigenvalue weighted by molar-refractivity contribution is 0.328. The summed E-state index contributed by atoms with van der Waals surface area (Å²) >= 11 is 0. The Morgan fingerprint density at radius 3 is 2.37 bits per heavy atom. The van der Waals surface area contributed by atoms with E-state index in [1.54, 1.807) is 0 Å². The molecule has 0 N–H and O–H groups in total. The van der Waals surface area contributed by atoms with Crippen molar-refractivity contribution in [2.75, 3.05) is 7.05 Å². The number of fused-ring (bicyclic) bond motifs is 1. The normalized spacial score (nSPS) is 11.9. The summed E-state index contributed by atoms with van der Waals surface area (Å²) in [5.74, 6) is 0. The minimum atomic E-state index is -3.76. The molecule has 4 rings (SSSR count). The summed E-state index contributed by atoms with van der Waals surface area (Å²) in [7, 11) is -2.23. The number of hydrogen-bond acceptors (Lipinski definition) is 4. The van der Waals surface area contributed by atoms with Gasteiger partial charge in [0.15, 0.2) is 0 Å². The van der Waals surface area contributed by atoms with Gasteiger partial charge in [-0.25, -0.2) is 8.42 Å². The van der Waals surface area contributed by atoms with Crippen molar-refractivity contribution >= 4 is 20.8 Å². The molecular weight excluding hydrogens is 360 g/mol. The minimum Gasteiger partial charge on any atom is -0.343 e. The van der Waals surface area contributed by atoms with E-state index in [-0.39, 0.29) is 11.6 Å². The van der Waals surface area contributed by atoms with Crippen LogP contribution in [0.3, 0.4) is 0 Å². The fourth-order valence-corrected chi connectivity index (χ4v) is 3.96. The Labute approximate surface area is 157 Å². The van der Waals surface area contributed by atoms with Crippen LogP contribution < -0.4 is 0 Å². The summed E-state index contributed by atoms with van der Waals surface area (Å²) in [6.45, 7) is 0.259. The maximum Gasteiger partial charge on any atom is 0.279 e. The molecule has 0 unspecified atom stereocenters. The van der Waals surface area contributed by atoms with E-state index < -0.39 is 10.0 Å². The Hall–Kier alpha value is -2.96. The van der Waals surface area contributed by atoms with E-state index in [4.69, 9.17) is 4.52 Å². The largest absolute Gasteiger partial charge is 0.343 e. The molecule has 136 valence electrons. The van der Waals surface area contributed by atoms with Crippen molar-refractivity contribution < 1.29 is 12.9 Å². The summed E-state index contributed by atoms with van der Waals surface area (Å²) in [6.07, 6.45) is 0. The average molecular weight is 378 g/mol. The summed E-state index contributed by atoms with van der Waals surface area (Å²) in [5.41, 5.74) is 2.20. The number of aromatic nitrogens is 1. The Bertz CT molecular complexity index is 1180. The molecule has 0 fully saturated rings. The highest BCUT2D eigenvalue weighted by atomic mass is 32.2. The highest BCUT2D eigenvalue weighted by Crippen LogP contribution is 2.26. The second kappa shape index (κ2) is 6.98. The van der Waals surface area contributed by atoms with Gasteiger partial charge in [0.2, 0.25) is 0 Å². The summed E-state index contributed by atoms with van der Waals surface area (Å²) < 4.78 is 32.0. The van der Waals surface area contributed by atoms with Crippen LogP contribution in [0.4, 0.5) is 0 Å². The monoisotopic (exact) mass is 378 g/mol. The van der Waals surface area contributed by atoms with Gasteiger partial charge in [-0.2, -0.15) is 4.31 Å². The third-order valence-corrected chi connectivity index (χ3v) is 6.10. The minimum absolute atomic E-state index is 0.163. The van der Waals surface area contributed by atoms with Crippen LogP contribution in [0.25, 0.3) is 22.0 Å². The van der Waals surface area contributed by atoms with Crippen molar-refractivity contribution in [3.63, 3.8) is 0 Å². The quantitative estimate of drug-likeness (QED) is 0.519. The molecule has 0 aliphatic rings. The topological polar surface area (TPSA) is 63.4 Å². The molecule has 4 aromatic rings. The average Bonchev–Trinajstić information content (AvgIpc) is 3.19. The molecule has 0 aliphatic carbocycles. The number of sulfonamides is 1. The smallest absolute Gasteiger partial charge is 0.279 e. The molecular formula is C21H18N2O3S. The molecule has 0 saturated carbocycles. The lowest BCUT2D eigenvalue weighted by atomic mass is 10.1. The molecule has 0 radical (unpaired) electrons. The molecule has 0 spiro atoms. The zero-order valence-corrected chi connectivity index (χ0v) is 15.6. The van der Waals surface area contributed by atoms with Crippen molar-refractivity contribution in [3.8, 4) is 11.3 Å². The lowest BCUT2D eigenvalue weighted by Crippen LogP contribution is -2.26. The summed E-state index contributed by atoms with van der Waals surface area (Å²) in [5, 5.41) is 5.98. The predicted molar refractivity (Wildman–Crippen MR) is 105 cm³/mol. The number of hydrogen-bond donors (Lipinski definition) is 0. The number of rotatable bonds is 5. The van der Waals surface area contributed by atoms with E-state index in [1.807, 2.05) is 72.8 Å². The van der Waals surface area contributed by atoms with E-state index in [2.05, 4.69) is 5.16 Å². The molecule has 27 heavy (non-hydrogen) atoms. The molecule has 1 aromatic heterocycles. The van der Waals surface area contributed by atoms with E-state index in [1.165, 1.54) is 17.4 Å². The first-order chi connectivity index (χ1) is 13.0. The molecule has 6 heteroatoms. The Balaban J connectivity index is 1.62. The summed E-state index contributed by atoms with van der Waals surface area (Å²) in [6, 6.07) is 24.7. The molecule has 0 atom stereocenters. The van der Waals surface area contributed by atoms with Gasteiger partial charge >= 0.3 is 0 Å². The van der Waals surface area contributed by atoms with Crippen LogP contribution in [0.5, 0.6) is 0 Å². The summed E-state index contributed by atoms with van der Waals surface area (Å²) in [4.78, 5) is 0. The third kappa shape index (κ3) is 3.49. The number of nitrogens with zero attached hydrogens (tertiary/aromatic N) is 2. The highest BCUT2D eigenvalue weighted by molar-refractivity contribution is 7.88. The fourth-order valence-electron chi connectivity index (χ4n) is 2.94. The molecule has 3 aromatic carbocycles. The van der Waals surface area contributed by atoms with Gasteiger partial charge in [0.05, 0.1) is 0 Å². The first-order valence-corrected chi connectivity index (χ1v) is 9.94. The van der Waals surface area contributed by atoms with E-state index in [9.17, 15) is 8.42 Å². The van der Waals surface area contributed by atoms with Gasteiger partial charge in [-0.1, -0.05) is 71.9 Å². The van der Waals surface area contributed by atoms with Crippen molar-refractivity contribution in [1.82, 2.24) is 9.46 Å².